The van der Waals surface area contributed by atoms with Gasteiger partial charge in [0.1, 0.15) is 12.4 Å². The third kappa shape index (κ3) is 4.25. The van der Waals surface area contributed by atoms with Crippen LogP contribution in [0.3, 0.4) is 0 Å². The van der Waals surface area contributed by atoms with Gasteiger partial charge in [0.2, 0.25) is 5.82 Å². The van der Waals surface area contributed by atoms with Crippen molar-refractivity contribution in [1.82, 2.24) is 15.0 Å². The van der Waals surface area contributed by atoms with E-state index in [1.807, 2.05) is 54.6 Å². The summed E-state index contributed by atoms with van der Waals surface area (Å²) in [5.41, 5.74) is 1.74. The summed E-state index contributed by atoms with van der Waals surface area (Å²) in [6.07, 6.45) is 0. The molecule has 0 amide bonds. The van der Waals surface area contributed by atoms with E-state index in [1.165, 1.54) is 0 Å². The third-order valence-corrected chi connectivity index (χ3v) is 4.13. The van der Waals surface area contributed by atoms with Gasteiger partial charge in [-0.25, -0.2) is 0 Å². The lowest BCUT2D eigenvalue weighted by atomic mass is 10.2. The predicted octanol–water partition coefficient (Wildman–Crippen LogP) is 4.12. The molecule has 0 spiro atoms. The van der Waals surface area contributed by atoms with Crippen molar-refractivity contribution >= 4 is 0 Å². The molecule has 0 radical (unpaired) electrons. The van der Waals surface area contributed by atoms with Crippen LogP contribution in [0.15, 0.2) is 59.1 Å². The summed E-state index contributed by atoms with van der Waals surface area (Å²) >= 11 is 0. The molecule has 130 valence electrons. The highest BCUT2D eigenvalue weighted by Crippen LogP contribution is 2.30. The van der Waals surface area contributed by atoms with E-state index in [9.17, 15) is 0 Å². The van der Waals surface area contributed by atoms with Gasteiger partial charge < -0.3 is 14.2 Å². The fraction of sp³-hybridized carbons (Fsp3) is 0.300. The zero-order valence-electron chi connectivity index (χ0n) is 14.7. The molecular formula is C20H23N3O2. The number of ether oxygens (including phenoxy) is 1. The van der Waals surface area contributed by atoms with Gasteiger partial charge in [0.15, 0.2) is 0 Å². The molecule has 3 rings (SSSR count). The van der Waals surface area contributed by atoms with Crippen LogP contribution >= 0.6 is 0 Å². The largest absolute Gasteiger partial charge is 0.491 e. The van der Waals surface area contributed by atoms with Crippen LogP contribution in [0.4, 0.5) is 0 Å². The predicted molar refractivity (Wildman–Crippen MR) is 98.5 cm³/mol. The molecule has 1 heterocycles. The van der Waals surface area contributed by atoms with E-state index < -0.39 is 0 Å². The highest BCUT2D eigenvalue weighted by molar-refractivity contribution is 5.65. The minimum absolute atomic E-state index is 0.470. The smallest absolute Gasteiger partial charge is 0.262 e. The second-order valence-electron chi connectivity index (χ2n) is 5.66. The maximum atomic E-state index is 5.97. The Morgan fingerprint density at radius 3 is 2.44 bits per heavy atom. The van der Waals surface area contributed by atoms with Gasteiger partial charge in [0, 0.05) is 12.1 Å². The van der Waals surface area contributed by atoms with Gasteiger partial charge in [-0.15, -0.1) is 0 Å². The maximum absolute atomic E-state index is 5.97. The Morgan fingerprint density at radius 2 is 1.68 bits per heavy atom. The topological polar surface area (TPSA) is 51.4 Å². The van der Waals surface area contributed by atoms with Crippen molar-refractivity contribution in [3.05, 3.63) is 54.6 Å². The second kappa shape index (κ2) is 8.44. The molecule has 0 saturated carbocycles. The molecule has 0 aliphatic rings. The van der Waals surface area contributed by atoms with Crippen LogP contribution in [0.25, 0.3) is 22.8 Å². The molecule has 5 nitrogen and oxygen atoms in total. The zero-order valence-corrected chi connectivity index (χ0v) is 14.7. The minimum atomic E-state index is 0.470. The molecule has 0 aliphatic carbocycles. The van der Waals surface area contributed by atoms with Crippen molar-refractivity contribution in [1.29, 1.82) is 0 Å². The minimum Gasteiger partial charge on any atom is -0.491 e. The average Bonchev–Trinajstić information content (AvgIpc) is 3.16. The summed E-state index contributed by atoms with van der Waals surface area (Å²) in [5.74, 6) is 1.81. The van der Waals surface area contributed by atoms with Crippen molar-refractivity contribution in [2.45, 2.75) is 13.8 Å². The zero-order chi connectivity index (χ0) is 17.5. The Hall–Kier alpha value is -2.66. The quantitative estimate of drug-likeness (QED) is 0.619. The monoisotopic (exact) mass is 337 g/mol. The van der Waals surface area contributed by atoms with Crippen molar-refractivity contribution < 1.29 is 9.26 Å². The second-order valence-corrected chi connectivity index (χ2v) is 5.66. The van der Waals surface area contributed by atoms with Crippen LogP contribution in [-0.4, -0.2) is 41.3 Å². The Labute approximate surface area is 148 Å². The average molecular weight is 337 g/mol. The van der Waals surface area contributed by atoms with Crippen LogP contribution in [0.1, 0.15) is 13.8 Å². The molecule has 1 aromatic heterocycles. The van der Waals surface area contributed by atoms with Gasteiger partial charge in [-0.1, -0.05) is 61.5 Å². The van der Waals surface area contributed by atoms with E-state index >= 15 is 0 Å². The summed E-state index contributed by atoms with van der Waals surface area (Å²) < 4.78 is 11.4. The molecule has 0 atom stereocenters. The first-order valence-electron chi connectivity index (χ1n) is 8.65. The normalized spacial score (nSPS) is 11.0. The fourth-order valence-electron chi connectivity index (χ4n) is 2.63. The van der Waals surface area contributed by atoms with Crippen molar-refractivity contribution in [2.24, 2.45) is 0 Å². The van der Waals surface area contributed by atoms with E-state index in [2.05, 4.69) is 28.9 Å². The van der Waals surface area contributed by atoms with Gasteiger partial charge in [0.05, 0.1) is 5.56 Å². The highest BCUT2D eigenvalue weighted by atomic mass is 16.5. The Morgan fingerprint density at radius 1 is 0.960 bits per heavy atom. The van der Waals surface area contributed by atoms with Crippen molar-refractivity contribution in [3.63, 3.8) is 0 Å². The molecule has 0 saturated heterocycles. The molecule has 25 heavy (non-hydrogen) atoms. The van der Waals surface area contributed by atoms with E-state index in [0.717, 1.165) is 36.5 Å². The van der Waals surface area contributed by atoms with Crippen LogP contribution in [0, 0.1) is 0 Å². The molecule has 2 aromatic carbocycles. The first kappa shape index (κ1) is 17.2. The SMILES string of the molecule is CCN(CC)CCOc1ccccc1-c1nc(-c2ccccc2)no1. The lowest BCUT2D eigenvalue weighted by Gasteiger charge is -2.18. The van der Waals surface area contributed by atoms with Crippen LogP contribution < -0.4 is 4.74 Å². The van der Waals surface area contributed by atoms with E-state index in [4.69, 9.17) is 9.26 Å². The lowest BCUT2D eigenvalue weighted by molar-refractivity contribution is 0.223. The number of para-hydroxylation sites is 1. The van der Waals surface area contributed by atoms with Gasteiger partial charge in [0.25, 0.3) is 5.89 Å². The van der Waals surface area contributed by atoms with Crippen LogP contribution in [-0.2, 0) is 0 Å². The van der Waals surface area contributed by atoms with Gasteiger partial charge in [-0.2, -0.15) is 4.98 Å². The molecular weight excluding hydrogens is 314 g/mol. The van der Waals surface area contributed by atoms with E-state index in [0.29, 0.717) is 18.3 Å². The summed E-state index contributed by atoms with van der Waals surface area (Å²) in [7, 11) is 0. The lowest BCUT2D eigenvalue weighted by Crippen LogP contribution is -2.27. The van der Waals surface area contributed by atoms with Gasteiger partial charge in [-0.3, -0.25) is 0 Å². The number of nitrogens with zero attached hydrogens (tertiary/aromatic N) is 3. The summed E-state index contributed by atoms with van der Waals surface area (Å²) in [4.78, 5) is 6.84. The maximum Gasteiger partial charge on any atom is 0.262 e. The molecule has 0 N–H and O–H groups in total. The first-order chi connectivity index (χ1) is 12.3. The Balaban J connectivity index is 1.76. The number of hydrogen-bond acceptors (Lipinski definition) is 5. The van der Waals surface area contributed by atoms with Crippen LogP contribution in [0.2, 0.25) is 0 Å². The van der Waals surface area contributed by atoms with Gasteiger partial charge in [-0.05, 0) is 25.2 Å². The molecule has 0 fully saturated rings. The molecule has 0 aliphatic heterocycles. The van der Waals surface area contributed by atoms with Crippen LogP contribution in [0.5, 0.6) is 5.75 Å². The molecule has 0 unspecified atom stereocenters. The summed E-state index contributed by atoms with van der Waals surface area (Å²) in [6, 6.07) is 17.6. The standard InChI is InChI=1S/C20H23N3O2/c1-3-23(4-2)14-15-24-18-13-9-8-12-17(18)20-21-19(22-25-20)16-10-6-5-7-11-16/h5-13H,3-4,14-15H2,1-2H3. The molecule has 3 aromatic rings. The van der Waals surface area contributed by atoms with E-state index in [1.54, 1.807) is 0 Å². The van der Waals surface area contributed by atoms with Crippen molar-refractivity contribution in [3.8, 4) is 28.6 Å². The number of aromatic nitrogens is 2. The number of rotatable bonds is 8. The van der Waals surface area contributed by atoms with Gasteiger partial charge >= 0.3 is 0 Å². The number of likely N-dealkylation sites (N-methyl/N-ethyl adjacent to an activating group) is 1. The summed E-state index contributed by atoms with van der Waals surface area (Å²) in [5, 5.41) is 4.09. The Bertz CT molecular complexity index is 782. The molecule has 0 bridgehead atoms. The third-order valence-electron chi connectivity index (χ3n) is 4.13. The highest BCUT2D eigenvalue weighted by Gasteiger charge is 2.14. The van der Waals surface area contributed by atoms with E-state index in [-0.39, 0.29) is 0 Å². The fourth-order valence-corrected chi connectivity index (χ4v) is 2.63. The number of benzene rings is 2. The molecule has 5 heteroatoms. The Kier molecular flexibility index (Phi) is 5.80. The first-order valence-corrected chi connectivity index (χ1v) is 8.65. The van der Waals surface area contributed by atoms with Crippen molar-refractivity contribution in [2.75, 3.05) is 26.2 Å². The number of hydrogen-bond donors (Lipinski definition) is 0. The summed E-state index contributed by atoms with van der Waals surface area (Å²) in [6.45, 7) is 7.86.